The van der Waals surface area contributed by atoms with Crippen molar-refractivity contribution >= 4 is 23.2 Å². The van der Waals surface area contributed by atoms with Crippen LogP contribution in [0.2, 0.25) is 0 Å². The van der Waals surface area contributed by atoms with Crippen molar-refractivity contribution in [1.82, 2.24) is 15.3 Å². The average molecular weight is 367 g/mol. The summed E-state index contributed by atoms with van der Waals surface area (Å²) in [6.07, 6.45) is 8.95. The molecule has 0 unspecified atom stereocenters. The number of carbonyl (C=O) groups is 1. The molecule has 1 aromatic carbocycles. The number of hydrogen-bond acceptors (Lipinski definition) is 5. The van der Waals surface area contributed by atoms with E-state index in [4.69, 9.17) is 0 Å². The van der Waals surface area contributed by atoms with Crippen LogP contribution in [0.25, 0.3) is 0 Å². The lowest BCUT2D eigenvalue weighted by atomic mass is 9.95. The van der Waals surface area contributed by atoms with E-state index in [1.54, 1.807) is 12.4 Å². The molecular weight excluding hydrogens is 338 g/mol. The van der Waals surface area contributed by atoms with Gasteiger partial charge in [-0.1, -0.05) is 19.3 Å². The molecule has 0 bridgehead atoms. The Hall–Kier alpha value is -2.63. The first kappa shape index (κ1) is 19.1. The highest BCUT2D eigenvalue weighted by Crippen LogP contribution is 2.20. The molecule has 1 aliphatic rings. The maximum absolute atomic E-state index is 12.3. The van der Waals surface area contributed by atoms with Gasteiger partial charge in [-0.25, -0.2) is 9.97 Å². The van der Waals surface area contributed by atoms with Crippen LogP contribution in [0, 0.1) is 0 Å². The number of amides is 1. The van der Waals surface area contributed by atoms with Gasteiger partial charge in [0.25, 0.3) is 5.91 Å². The number of carbonyl (C=O) groups excluding carboxylic acids is 1. The summed E-state index contributed by atoms with van der Waals surface area (Å²) in [5.41, 5.74) is 2.62. The van der Waals surface area contributed by atoms with Crippen molar-refractivity contribution in [2.75, 3.05) is 23.3 Å². The summed E-state index contributed by atoms with van der Waals surface area (Å²) < 4.78 is 0. The van der Waals surface area contributed by atoms with Gasteiger partial charge in [0.05, 0.1) is 5.56 Å². The number of hydrogen-bond donors (Lipinski definition) is 2. The summed E-state index contributed by atoms with van der Waals surface area (Å²) in [6.45, 7) is 6.26. The van der Waals surface area contributed by atoms with E-state index in [-0.39, 0.29) is 11.9 Å². The third kappa shape index (κ3) is 5.18. The first-order valence-corrected chi connectivity index (χ1v) is 9.94. The van der Waals surface area contributed by atoms with Crippen LogP contribution in [0.4, 0.5) is 17.3 Å². The van der Waals surface area contributed by atoms with Gasteiger partial charge in [0, 0.05) is 42.9 Å². The summed E-state index contributed by atoms with van der Waals surface area (Å²) in [7, 11) is 0. The maximum atomic E-state index is 12.3. The van der Waals surface area contributed by atoms with Crippen molar-refractivity contribution in [3.05, 3.63) is 42.2 Å². The van der Waals surface area contributed by atoms with Gasteiger partial charge in [-0.05, 0) is 51.0 Å². The fourth-order valence-electron chi connectivity index (χ4n) is 3.50. The second-order valence-electron chi connectivity index (χ2n) is 6.95. The Morgan fingerprint density at radius 1 is 1.04 bits per heavy atom. The molecule has 6 nitrogen and oxygen atoms in total. The van der Waals surface area contributed by atoms with Crippen LogP contribution in [0.3, 0.4) is 0 Å². The van der Waals surface area contributed by atoms with Crippen LogP contribution in [-0.2, 0) is 0 Å². The lowest BCUT2D eigenvalue weighted by molar-refractivity contribution is 0.0927. The van der Waals surface area contributed by atoms with Gasteiger partial charge < -0.3 is 15.5 Å². The largest absolute Gasteiger partial charge is 0.372 e. The van der Waals surface area contributed by atoms with E-state index in [1.807, 2.05) is 12.1 Å². The Balaban J connectivity index is 1.57. The van der Waals surface area contributed by atoms with Crippen molar-refractivity contribution in [1.29, 1.82) is 0 Å². The van der Waals surface area contributed by atoms with Gasteiger partial charge in [0.1, 0.15) is 0 Å². The zero-order valence-corrected chi connectivity index (χ0v) is 16.2. The number of nitrogens with zero attached hydrogens (tertiary/aromatic N) is 3. The topological polar surface area (TPSA) is 70.2 Å². The van der Waals surface area contributed by atoms with E-state index >= 15 is 0 Å². The van der Waals surface area contributed by atoms with E-state index in [0.717, 1.165) is 31.6 Å². The lowest BCUT2D eigenvalue weighted by Gasteiger charge is -2.22. The van der Waals surface area contributed by atoms with E-state index < -0.39 is 0 Å². The van der Waals surface area contributed by atoms with E-state index in [0.29, 0.717) is 11.5 Å². The predicted molar refractivity (Wildman–Crippen MR) is 110 cm³/mol. The lowest BCUT2D eigenvalue weighted by Crippen LogP contribution is -2.36. The van der Waals surface area contributed by atoms with Crippen LogP contribution in [0.15, 0.2) is 36.7 Å². The van der Waals surface area contributed by atoms with Crippen LogP contribution in [0.5, 0.6) is 0 Å². The Morgan fingerprint density at radius 3 is 2.26 bits per heavy atom. The minimum Gasteiger partial charge on any atom is -0.372 e. The number of rotatable bonds is 7. The summed E-state index contributed by atoms with van der Waals surface area (Å²) in [5.74, 6) is 0.400. The molecule has 2 N–H and O–H groups in total. The number of benzene rings is 1. The van der Waals surface area contributed by atoms with Gasteiger partial charge in [-0.3, -0.25) is 4.79 Å². The summed E-state index contributed by atoms with van der Waals surface area (Å²) in [5, 5.41) is 6.27. The number of aromatic nitrogens is 2. The smallest absolute Gasteiger partial charge is 0.254 e. The standard InChI is InChI=1S/C21H29N5O/c1-3-26(4-2)19-12-10-18(11-13-19)25-21-22-14-16(15-23-21)20(27)24-17-8-6-5-7-9-17/h10-15,17H,3-9H2,1-2H3,(H,24,27)(H,22,23,25). The van der Waals surface area contributed by atoms with Crippen LogP contribution in [-0.4, -0.2) is 35.0 Å². The third-order valence-corrected chi connectivity index (χ3v) is 5.11. The monoisotopic (exact) mass is 367 g/mol. The first-order valence-electron chi connectivity index (χ1n) is 9.94. The number of nitrogens with one attached hydrogen (secondary N) is 2. The van der Waals surface area contributed by atoms with Gasteiger partial charge in [-0.15, -0.1) is 0 Å². The molecule has 3 rings (SSSR count). The third-order valence-electron chi connectivity index (χ3n) is 5.11. The molecule has 6 heteroatoms. The molecule has 2 aromatic rings. The zero-order valence-electron chi connectivity index (χ0n) is 16.2. The van der Waals surface area contributed by atoms with Crippen LogP contribution < -0.4 is 15.5 Å². The summed E-state index contributed by atoms with van der Waals surface area (Å²) in [4.78, 5) is 23.2. The Morgan fingerprint density at radius 2 is 1.67 bits per heavy atom. The van der Waals surface area contributed by atoms with Crippen LogP contribution in [0.1, 0.15) is 56.3 Å². The molecule has 0 saturated heterocycles. The molecule has 27 heavy (non-hydrogen) atoms. The highest BCUT2D eigenvalue weighted by Gasteiger charge is 2.17. The van der Waals surface area contributed by atoms with Crippen molar-refractivity contribution in [2.45, 2.75) is 52.0 Å². The van der Waals surface area contributed by atoms with Crippen molar-refractivity contribution in [3.63, 3.8) is 0 Å². The minimum absolute atomic E-state index is 0.0861. The highest BCUT2D eigenvalue weighted by atomic mass is 16.1. The molecule has 144 valence electrons. The minimum atomic E-state index is -0.0861. The average Bonchev–Trinajstić information content (AvgIpc) is 2.71. The molecule has 0 atom stereocenters. The molecule has 1 amide bonds. The quantitative estimate of drug-likeness (QED) is 0.770. The molecule has 1 fully saturated rings. The summed E-state index contributed by atoms with van der Waals surface area (Å²) in [6, 6.07) is 8.48. The van der Waals surface area contributed by atoms with Crippen molar-refractivity contribution < 1.29 is 4.79 Å². The van der Waals surface area contributed by atoms with E-state index in [2.05, 4.69) is 51.5 Å². The molecule has 0 spiro atoms. The molecular formula is C21H29N5O. The zero-order chi connectivity index (χ0) is 19.1. The van der Waals surface area contributed by atoms with Crippen LogP contribution >= 0.6 is 0 Å². The first-order chi connectivity index (χ1) is 13.2. The van der Waals surface area contributed by atoms with Gasteiger partial charge in [0.2, 0.25) is 5.95 Å². The second-order valence-corrected chi connectivity index (χ2v) is 6.95. The van der Waals surface area contributed by atoms with E-state index in [1.165, 1.54) is 24.9 Å². The fourth-order valence-corrected chi connectivity index (χ4v) is 3.50. The molecule has 1 aliphatic carbocycles. The van der Waals surface area contributed by atoms with Crippen molar-refractivity contribution in [3.8, 4) is 0 Å². The predicted octanol–water partition coefficient (Wildman–Crippen LogP) is 4.13. The second kappa shape index (κ2) is 9.35. The molecule has 0 aliphatic heterocycles. The van der Waals surface area contributed by atoms with Crippen molar-refractivity contribution in [2.24, 2.45) is 0 Å². The molecule has 0 radical (unpaired) electrons. The Labute approximate surface area is 161 Å². The normalized spacial score (nSPS) is 14.6. The Bertz CT molecular complexity index is 719. The Kier molecular flexibility index (Phi) is 6.63. The SMILES string of the molecule is CCN(CC)c1ccc(Nc2ncc(C(=O)NC3CCCCC3)cn2)cc1. The molecule has 1 saturated carbocycles. The maximum Gasteiger partial charge on any atom is 0.254 e. The molecule has 1 aromatic heterocycles. The van der Waals surface area contributed by atoms with Gasteiger partial charge in [0.15, 0.2) is 0 Å². The fraction of sp³-hybridized carbons (Fsp3) is 0.476. The van der Waals surface area contributed by atoms with Gasteiger partial charge in [-0.2, -0.15) is 0 Å². The number of anilines is 3. The van der Waals surface area contributed by atoms with E-state index in [9.17, 15) is 4.79 Å². The highest BCUT2D eigenvalue weighted by molar-refractivity contribution is 5.93. The summed E-state index contributed by atoms with van der Waals surface area (Å²) >= 11 is 0. The molecule has 1 heterocycles. The van der Waals surface area contributed by atoms with Gasteiger partial charge >= 0.3 is 0 Å².